The first kappa shape index (κ1) is 19.1. The van der Waals surface area contributed by atoms with Gasteiger partial charge in [-0.3, -0.25) is 10.1 Å². The molecule has 4 aromatic rings. The summed E-state index contributed by atoms with van der Waals surface area (Å²) < 4.78 is 6.85. The van der Waals surface area contributed by atoms with E-state index in [1.165, 1.54) is 11.8 Å². The van der Waals surface area contributed by atoms with Crippen LogP contribution in [-0.4, -0.2) is 20.7 Å². The molecular formula is C23H18ClN5O2. The Morgan fingerprint density at radius 2 is 1.94 bits per heavy atom. The van der Waals surface area contributed by atoms with Crippen LogP contribution in [0.1, 0.15) is 33.3 Å². The van der Waals surface area contributed by atoms with Crippen molar-refractivity contribution >= 4 is 35.1 Å². The molecule has 1 amide bonds. The molecule has 2 aromatic heterocycles. The Kier molecular flexibility index (Phi) is 4.80. The number of furan rings is 1. The van der Waals surface area contributed by atoms with Gasteiger partial charge in [-0.05, 0) is 42.3 Å². The number of carbonyl (C=O) groups is 1. The van der Waals surface area contributed by atoms with Gasteiger partial charge in [-0.1, -0.05) is 59.6 Å². The van der Waals surface area contributed by atoms with Gasteiger partial charge in [-0.15, -0.1) is 5.10 Å². The van der Waals surface area contributed by atoms with Crippen LogP contribution in [-0.2, 0) is 0 Å². The Labute approximate surface area is 183 Å². The van der Waals surface area contributed by atoms with Crippen molar-refractivity contribution in [1.29, 1.82) is 0 Å². The van der Waals surface area contributed by atoms with Crippen LogP contribution in [0.15, 0.2) is 77.4 Å². The zero-order valence-electron chi connectivity index (χ0n) is 16.5. The van der Waals surface area contributed by atoms with Crippen molar-refractivity contribution in [3.05, 3.63) is 100 Å². The summed E-state index contributed by atoms with van der Waals surface area (Å²) in [5.74, 6) is 0.424. The van der Waals surface area contributed by atoms with Gasteiger partial charge in [0, 0.05) is 10.7 Å². The second-order valence-corrected chi connectivity index (χ2v) is 7.58. The molecule has 5 rings (SSSR count). The highest BCUT2D eigenvalue weighted by atomic mass is 35.5. The van der Waals surface area contributed by atoms with E-state index in [2.05, 4.69) is 32.8 Å². The molecule has 0 spiro atoms. The molecule has 2 N–H and O–H groups in total. The molecule has 3 heterocycles. The molecule has 31 heavy (non-hydrogen) atoms. The third-order valence-electron chi connectivity index (χ3n) is 5.02. The highest BCUT2D eigenvalue weighted by Gasteiger charge is 2.27. The highest BCUT2D eigenvalue weighted by molar-refractivity contribution is 6.31. The number of halogens is 1. The van der Waals surface area contributed by atoms with E-state index in [-0.39, 0.29) is 17.8 Å². The van der Waals surface area contributed by atoms with Crippen LogP contribution in [0.2, 0.25) is 5.02 Å². The maximum Gasteiger partial charge on any atom is 0.293 e. The summed E-state index contributed by atoms with van der Waals surface area (Å²) in [6.45, 7) is 2.05. The number of aryl methyl sites for hydroxylation is 1. The van der Waals surface area contributed by atoms with E-state index in [4.69, 9.17) is 16.0 Å². The smallest absolute Gasteiger partial charge is 0.293 e. The van der Waals surface area contributed by atoms with Gasteiger partial charge in [-0.25, -0.2) is 4.68 Å². The number of benzene rings is 2. The molecule has 154 valence electrons. The SMILES string of the molecule is Cc1ccc(C2=C[C@@H](c3ccccc3Cl)n3nc(NC(=O)c4ccco4)nc3N2)cc1. The summed E-state index contributed by atoms with van der Waals surface area (Å²) in [5.41, 5.74) is 3.95. The lowest BCUT2D eigenvalue weighted by Gasteiger charge is -2.25. The normalized spacial score (nSPS) is 15.0. The first-order valence-electron chi connectivity index (χ1n) is 9.70. The first-order valence-corrected chi connectivity index (χ1v) is 10.1. The van der Waals surface area contributed by atoms with Gasteiger partial charge in [0.25, 0.3) is 11.9 Å². The number of aromatic nitrogens is 3. The second kappa shape index (κ2) is 7.77. The van der Waals surface area contributed by atoms with Gasteiger partial charge in [0.1, 0.15) is 6.04 Å². The van der Waals surface area contributed by atoms with Crippen molar-refractivity contribution in [2.24, 2.45) is 0 Å². The Hall–Kier alpha value is -3.84. The van der Waals surface area contributed by atoms with Crippen LogP contribution in [0.3, 0.4) is 0 Å². The molecule has 0 unspecified atom stereocenters. The van der Waals surface area contributed by atoms with Crippen LogP contribution in [0.5, 0.6) is 0 Å². The Bertz CT molecular complexity index is 1280. The van der Waals surface area contributed by atoms with Gasteiger partial charge >= 0.3 is 0 Å². The third-order valence-corrected chi connectivity index (χ3v) is 5.37. The first-order chi connectivity index (χ1) is 15.1. The molecule has 1 aliphatic heterocycles. The molecule has 0 fully saturated rings. The lowest BCUT2D eigenvalue weighted by Crippen LogP contribution is -2.20. The summed E-state index contributed by atoms with van der Waals surface area (Å²) in [5, 5.41) is 11.1. The molecule has 0 saturated heterocycles. The molecule has 1 aliphatic rings. The maximum atomic E-state index is 12.4. The highest BCUT2D eigenvalue weighted by Crippen LogP contribution is 2.36. The number of carbonyl (C=O) groups excluding carboxylic acids is 1. The number of hydrogen-bond acceptors (Lipinski definition) is 5. The molecule has 0 aliphatic carbocycles. The average molecular weight is 432 g/mol. The molecule has 1 atom stereocenters. The minimum atomic E-state index is -0.422. The van der Waals surface area contributed by atoms with Crippen molar-refractivity contribution in [1.82, 2.24) is 14.8 Å². The molecule has 0 saturated carbocycles. The van der Waals surface area contributed by atoms with Crippen LogP contribution in [0, 0.1) is 6.92 Å². The number of allylic oxidation sites excluding steroid dienone is 1. The Morgan fingerprint density at radius 3 is 2.68 bits per heavy atom. The van der Waals surface area contributed by atoms with E-state index >= 15 is 0 Å². The number of nitrogens with zero attached hydrogens (tertiary/aromatic N) is 3. The Morgan fingerprint density at radius 1 is 1.13 bits per heavy atom. The zero-order valence-corrected chi connectivity index (χ0v) is 17.3. The van der Waals surface area contributed by atoms with Gasteiger partial charge in [-0.2, -0.15) is 4.98 Å². The predicted molar refractivity (Wildman–Crippen MR) is 119 cm³/mol. The van der Waals surface area contributed by atoms with E-state index in [0.717, 1.165) is 16.8 Å². The molecule has 2 aromatic carbocycles. The predicted octanol–water partition coefficient (Wildman–Crippen LogP) is 5.14. The summed E-state index contributed by atoms with van der Waals surface area (Å²) >= 11 is 6.50. The summed E-state index contributed by atoms with van der Waals surface area (Å²) in [6, 6.07) is 18.7. The van der Waals surface area contributed by atoms with Crippen molar-refractivity contribution < 1.29 is 9.21 Å². The van der Waals surface area contributed by atoms with E-state index in [1.807, 2.05) is 49.4 Å². The van der Waals surface area contributed by atoms with Gasteiger partial charge in [0.2, 0.25) is 5.95 Å². The van der Waals surface area contributed by atoms with Crippen LogP contribution < -0.4 is 10.6 Å². The lowest BCUT2D eigenvalue weighted by molar-refractivity contribution is 0.0996. The minimum absolute atomic E-state index is 0.166. The Balaban J connectivity index is 1.55. The van der Waals surface area contributed by atoms with E-state index in [9.17, 15) is 4.79 Å². The molecular weight excluding hydrogens is 414 g/mol. The van der Waals surface area contributed by atoms with Gasteiger partial charge < -0.3 is 9.73 Å². The van der Waals surface area contributed by atoms with E-state index in [0.29, 0.717) is 11.0 Å². The number of nitrogens with one attached hydrogen (secondary N) is 2. The number of anilines is 2. The fraction of sp³-hybridized carbons (Fsp3) is 0.0870. The molecule has 0 bridgehead atoms. The minimum Gasteiger partial charge on any atom is -0.459 e. The average Bonchev–Trinajstić information content (AvgIpc) is 3.44. The van der Waals surface area contributed by atoms with E-state index < -0.39 is 5.91 Å². The quantitative estimate of drug-likeness (QED) is 0.467. The van der Waals surface area contributed by atoms with Crippen molar-refractivity contribution in [2.45, 2.75) is 13.0 Å². The summed E-state index contributed by atoms with van der Waals surface area (Å²) in [7, 11) is 0. The van der Waals surface area contributed by atoms with Crippen molar-refractivity contribution in [3.8, 4) is 0 Å². The number of amides is 1. The molecule has 8 heteroatoms. The second-order valence-electron chi connectivity index (χ2n) is 7.17. The van der Waals surface area contributed by atoms with E-state index in [1.54, 1.807) is 16.8 Å². The van der Waals surface area contributed by atoms with Crippen LogP contribution >= 0.6 is 11.6 Å². The monoisotopic (exact) mass is 431 g/mol. The maximum absolute atomic E-state index is 12.4. The fourth-order valence-electron chi connectivity index (χ4n) is 3.45. The number of hydrogen-bond donors (Lipinski definition) is 2. The van der Waals surface area contributed by atoms with Crippen LogP contribution in [0.25, 0.3) is 5.70 Å². The zero-order chi connectivity index (χ0) is 21.4. The number of fused-ring (bicyclic) bond motifs is 1. The third kappa shape index (κ3) is 3.71. The molecule has 0 radical (unpaired) electrons. The molecule has 7 nitrogen and oxygen atoms in total. The fourth-order valence-corrected chi connectivity index (χ4v) is 3.70. The summed E-state index contributed by atoms with van der Waals surface area (Å²) in [6.07, 6.45) is 3.49. The van der Waals surface area contributed by atoms with Gasteiger partial charge in [0.05, 0.1) is 6.26 Å². The standard InChI is InChI=1S/C23H18ClN5O2/c1-14-8-10-15(11-9-14)18-13-19(16-5-2-3-6-17(16)24)29-23(25-18)27-22(28-29)26-21(30)20-7-4-12-31-20/h2-13,19H,1H3,(H2,25,26,27,28,30)/t19-/m0/s1. The summed E-state index contributed by atoms with van der Waals surface area (Å²) in [4.78, 5) is 16.8. The topological polar surface area (TPSA) is 85.0 Å². The van der Waals surface area contributed by atoms with Crippen LogP contribution in [0.4, 0.5) is 11.9 Å². The van der Waals surface area contributed by atoms with Gasteiger partial charge in [0.15, 0.2) is 5.76 Å². The van der Waals surface area contributed by atoms with Crippen molar-refractivity contribution in [3.63, 3.8) is 0 Å². The lowest BCUT2D eigenvalue weighted by atomic mass is 10.0. The largest absolute Gasteiger partial charge is 0.459 e. The number of rotatable bonds is 4. The van der Waals surface area contributed by atoms with Crippen molar-refractivity contribution in [2.75, 3.05) is 10.6 Å².